The number of rotatable bonds is 3. The summed E-state index contributed by atoms with van der Waals surface area (Å²) in [5.74, 6) is -1.70. The molecule has 2 rings (SSSR count). The van der Waals surface area contributed by atoms with Crippen molar-refractivity contribution in [3.05, 3.63) is 35.4 Å². The van der Waals surface area contributed by atoms with Crippen LogP contribution in [0.2, 0.25) is 0 Å². The fourth-order valence-electron chi connectivity index (χ4n) is 1.80. The van der Waals surface area contributed by atoms with Crippen LogP contribution in [0.4, 0.5) is 8.78 Å². The summed E-state index contributed by atoms with van der Waals surface area (Å²) in [5.41, 5.74) is 0.0765. The highest BCUT2D eigenvalue weighted by Gasteiger charge is 2.26. The van der Waals surface area contributed by atoms with Crippen LogP contribution in [0.1, 0.15) is 18.4 Å². The zero-order valence-electron chi connectivity index (χ0n) is 9.50. The highest BCUT2D eigenvalue weighted by Crippen LogP contribution is 2.10. The van der Waals surface area contributed by atoms with E-state index in [-0.39, 0.29) is 23.9 Å². The number of carbonyl (C=O) groups is 2. The van der Waals surface area contributed by atoms with E-state index in [0.717, 1.165) is 18.2 Å². The smallest absolute Gasteiger partial charge is 0.242 e. The van der Waals surface area contributed by atoms with E-state index in [2.05, 4.69) is 10.6 Å². The van der Waals surface area contributed by atoms with Crippen LogP contribution in [0.3, 0.4) is 0 Å². The molecule has 2 N–H and O–H groups in total. The molecule has 1 aromatic rings. The number of hydrogen-bond donors (Lipinski definition) is 2. The minimum absolute atomic E-state index is 0.0765. The molecule has 96 valence electrons. The lowest BCUT2D eigenvalue weighted by molar-refractivity contribution is -0.125. The van der Waals surface area contributed by atoms with Crippen molar-refractivity contribution < 1.29 is 18.4 Å². The zero-order valence-corrected chi connectivity index (χ0v) is 9.50. The van der Waals surface area contributed by atoms with E-state index >= 15 is 0 Å². The first-order valence-corrected chi connectivity index (χ1v) is 5.57. The largest absolute Gasteiger partial charge is 0.350 e. The van der Waals surface area contributed by atoms with E-state index in [1.165, 1.54) is 0 Å². The van der Waals surface area contributed by atoms with Crippen molar-refractivity contribution in [3.8, 4) is 0 Å². The molecule has 1 fully saturated rings. The van der Waals surface area contributed by atoms with E-state index in [9.17, 15) is 18.4 Å². The third kappa shape index (κ3) is 2.82. The molecule has 18 heavy (non-hydrogen) atoms. The minimum atomic E-state index is -0.577. The highest BCUT2D eigenvalue weighted by atomic mass is 19.1. The topological polar surface area (TPSA) is 58.2 Å². The SMILES string of the molecule is O=C1CCC(C(=O)NCc2cc(F)ccc2F)N1. The number of carbonyl (C=O) groups excluding carboxylic acids is 2. The summed E-state index contributed by atoms with van der Waals surface area (Å²) in [5, 5.41) is 4.97. The van der Waals surface area contributed by atoms with Crippen molar-refractivity contribution in [2.24, 2.45) is 0 Å². The summed E-state index contributed by atoms with van der Waals surface area (Å²) in [4.78, 5) is 22.5. The van der Waals surface area contributed by atoms with Crippen molar-refractivity contribution in [2.75, 3.05) is 0 Å². The van der Waals surface area contributed by atoms with Crippen LogP contribution < -0.4 is 10.6 Å². The Labute approximate surface area is 102 Å². The molecule has 4 nitrogen and oxygen atoms in total. The first-order valence-electron chi connectivity index (χ1n) is 5.57. The Bertz CT molecular complexity index is 491. The van der Waals surface area contributed by atoms with Gasteiger partial charge < -0.3 is 10.6 Å². The van der Waals surface area contributed by atoms with Crippen LogP contribution in [-0.4, -0.2) is 17.9 Å². The summed E-state index contributed by atoms with van der Waals surface area (Å²) in [6.07, 6.45) is 0.739. The summed E-state index contributed by atoms with van der Waals surface area (Å²) in [7, 11) is 0. The van der Waals surface area contributed by atoms with Crippen molar-refractivity contribution >= 4 is 11.8 Å². The molecule has 0 radical (unpaired) electrons. The second-order valence-electron chi connectivity index (χ2n) is 4.11. The maximum Gasteiger partial charge on any atom is 0.242 e. The molecule has 0 aromatic heterocycles. The molecule has 1 aliphatic heterocycles. The Kier molecular flexibility index (Phi) is 3.55. The standard InChI is InChI=1S/C12H12F2N2O2/c13-8-1-2-9(14)7(5-8)6-15-12(18)10-3-4-11(17)16-10/h1-2,5,10H,3-4,6H2,(H,15,18)(H,16,17). The van der Waals surface area contributed by atoms with Gasteiger partial charge in [0.05, 0.1) is 0 Å². The predicted octanol–water partition coefficient (Wildman–Crippen LogP) is 0.860. The third-order valence-electron chi connectivity index (χ3n) is 2.77. The molecule has 0 spiro atoms. The van der Waals surface area contributed by atoms with Gasteiger partial charge in [0.15, 0.2) is 0 Å². The molecule has 1 heterocycles. The Morgan fingerprint density at radius 1 is 1.44 bits per heavy atom. The fraction of sp³-hybridized carbons (Fsp3) is 0.333. The molecule has 0 saturated carbocycles. The first kappa shape index (κ1) is 12.5. The van der Waals surface area contributed by atoms with Crippen molar-refractivity contribution in [1.82, 2.24) is 10.6 Å². The molecule has 0 bridgehead atoms. The van der Waals surface area contributed by atoms with Crippen LogP contribution in [-0.2, 0) is 16.1 Å². The number of hydrogen-bond acceptors (Lipinski definition) is 2. The maximum atomic E-state index is 13.3. The number of nitrogens with one attached hydrogen (secondary N) is 2. The average molecular weight is 254 g/mol. The Balaban J connectivity index is 1.93. The number of amides is 2. The van der Waals surface area contributed by atoms with Crippen LogP contribution in [0.5, 0.6) is 0 Å². The van der Waals surface area contributed by atoms with E-state index in [0.29, 0.717) is 12.8 Å². The van der Waals surface area contributed by atoms with Gasteiger partial charge in [-0.15, -0.1) is 0 Å². The summed E-state index contributed by atoms with van der Waals surface area (Å²) in [6.45, 7) is -0.102. The van der Waals surface area contributed by atoms with Crippen LogP contribution in [0.25, 0.3) is 0 Å². The minimum Gasteiger partial charge on any atom is -0.350 e. The average Bonchev–Trinajstić information content (AvgIpc) is 2.77. The highest BCUT2D eigenvalue weighted by molar-refractivity contribution is 5.90. The van der Waals surface area contributed by atoms with E-state index in [1.54, 1.807) is 0 Å². The summed E-state index contributed by atoms with van der Waals surface area (Å²) < 4.78 is 26.2. The van der Waals surface area contributed by atoms with Crippen molar-refractivity contribution in [2.45, 2.75) is 25.4 Å². The molecular weight excluding hydrogens is 242 g/mol. The third-order valence-corrected chi connectivity index (χ3v) is 2.77. The van der Waals surface area contributed by atoms with Crippen LogP contribution in [0.15, 0.2) is 18.2 Å². The normalized spacial score (nSPS) is 18.6. The first-order chi connectivity index (χ1) is 8.56. The maximum absolute atomic E-state index is 13.3. The quantitative estimate of drug-likeness (QED) is 0.840. The lowest BCUT2D eigenvalue weighted by Crippen LogP contribution is -2.41. The molecule has 1 aliphatic rings. The van der Waals surface area contributed by atoms with Gasteiger partial charge in [0.25, 0.3) is 0 Å². The molecule has 1 saturated heterocycles. The lowest BCUT2D eigenvalue weighted by atomic mass is 10.2. The van der Waals surface area contributed by atoms with Gasteiger partial charge >= 0.3 is 0 Å². The van der Waals surface area contributed by atoms with Crippen molar-refractivity contribution in [3.63, 3.8) is 0 Å². The van der Waals surface area contributed by atoms with E-state index in [1.807, 2.05) is 0 Å². The van der Waals surface area contributed by atoms with Gasteiger partial charge in [-0.05, 0) is 24.6 Å². The Hall–Kier alpha value is -1.98. The number of benzene rings is 1. The van der Waals surface area contributed by atoms with Gasteiger partial charge in [-0.2, -0.15) is 0 Å². The fourth-order valence-corrected chi connectivity index (χ4v) is 1.80. The summed E-state index contributed by atoms with van der Waals surface area (Å²) >= 11 is 0. The molecular formula is C12H12F2N2O2. The van der Waals surface area contributed by atoms with Gasteiger partial charge in [0.1, 0.15) is 17.7 Å². The van der Waals surface area contributed by atoms with E-state index < -0.39 is 17.7 Å². The van der Waals surface area contributed by atoms with Crippen LogP contribution in [0, 0.1) is 11.6 Å². The van der Waals surface area contributed by atoms with Crippen LogP contribution >= 0.6 is 0 Å². The van der Waals surface area contributed by atoms with Crippen molar-refractivity contribution in [1.29, 1.82) is 0 Å². The van der Waals surface area contributed by atoms with Gasteiger partial charge in [0, 0.05) is 18.5 Å². The predicted molar refractivity (Wildman–Crippen MR) is 59.4 cm³/mol. The molecule has 6 heteroatoms. The van der Waals surface area contributed by atoms with E-state index in [4.69, 9.17) is 0 Å². The monoisotopic (exact) mass is 254 g/mol. The molecule has 1 atom stereocenters. The zero-order chi connectivity index (χ0) is 13.1. The Morgan fingerprint density at radius 2 is 2.22 bits per heavy atom. The molecule has 0 aliphatic carbocycles. The Morgan fingerprint density at radius 3 is 2.89 bits per heavy atom. The summed E-state index contributed by atoms with van der Waals surface area (Å²) in [6, 6.07) is 2.48. The number of halogens is 2. The van der Waals surface area contributed by atoms with Gasteiger partial charge in [-0.25, -0.2) is 8.78 Å². The molecule has 1 unspecified atom stereocenters. The lowest BCUT2D eigenvalue weighted by Gasteiger charge is -2.11. The molecule has 1 aromatic carbocycles. The second-order valence-corrected chi connectivity index (χ2v) is 4.11. The molecule has 2 amide bonds. The van der Waals surface area contributed by atoms with Gasteiger partial charge in [0.2, 0.25) is 11.8 Å². The van der Waals surface area contributed by atoms with Gasteiger partial charge in [-0.3, -0.25) is 9.59 Å². The van der Waals surface area contributed by atoms with Gasteiger partial charge in [-0.1, -0.05) is 0 Å². The second kappa shape index (κ2) is 5.12.